The predicted molar refractivity (Wildman–Crippen MR) is 81.6 cm³/mol. The van der Waals surface area contributed by atoms with Gasteiger partial charge in [-0.1, -0.05) is 6.07 Å². The number of thioether (sulfide) groups is 1. The van der Waals surface area contributed by atoms with Gasteiger partial charge in [0.05, 0.1) is 0 Å². The van der Waals surface area contributed by atoms with Gasteiger partial charge in [0.25, 0.3) is 0 Å². The Hall–Kier alpha value is -1.16. The number of carbonyl (C=O) groups excluding carboxylic acids is 1. The SMILES string of the molecule is CSCCCCNc1ccc(C)c(NC(C)=O)c1. The molecule has 1 aromatic rings. The number of unbranched alkanes of at least 4 members (excludes halogenated alkanes) is 1. The summed E-state index contributed by atoms with van der Waals surface area (Å²) in [5.74, 6) is 1.18. The van der Waals surface area contributed by atoms with Crippen LogP contribution in [-0.4, -0.2) is 24.5 Å². The van der Waals surface area contributed by atoms with Crippen molar-refractivity contribution in [3.05, 3.63) is 23.8 Å². The number of anilines is 2. The lowest BCUT2D eigenvalue weighted by atomic mass is 10.1. The Bertz CT molecular complexity index is 393. The van der Waals surface area contributed by atoms with E-state index in [4.69, 9.17) is 0 Å². The Morgan fingerprint density at radius 3 is 2.78 bits per heavy atom. The maximum atomic E-state index is 11.1. The van der Waals surface area contributed by atoms with Crippen LogP contribution in [0.5, 0.6) is 0 Å². The van der Waals surface area contributed by atoms with Crippen LogP contribution in [0, 0.1) is 6.92 Å². The van der Waals surface area contributed by atoms with Gasteiger partial charge in [-0.05, 0) is 49.5 Å². The molecule has 0 heterocycles. The molecule has 0 saturated heterocycles. The van der Waals surface area contributed by atoms with Crippen LogP contribution in [0.1, 0.15) is 25.3 Å². The number of hydrogen-bond donors (Lipinski definition) is 2. The highest BCUT2D eigenvalue weighted by atomic mass is 32.2. The van der Waals surface area contributed by atoms with Crippen molar-refractivity contribution in [2.24, 2.45) is 0 Å². The fourth-order valence-corrected chi connectivity index (χ4v) is 2.15. The van der Waals surface area contributed by atoms with E-state index in [0.717, 1.165) is 23.5 Å². The van der Waals surface area contributed by atoms with Crippen molar-refractivity contribution >= 4 is 29.0 Å². The molecule has 1 rings (SSSR count). The van der Waals surface area contributed by atoms with Crippen LogP contribution in [-0.2, 0) is 4.79 Å². The predicted octanol–water partition coefficient (Wildman–Crippen LogP) is 3.51. The maximum Gasteiger partial charge on any atom is 0.221 e. The van der Waals surface area contributed by atoms with Gasteiger partial charge in [0.15, 0.2) is 0 Å². The van der Waals surface area contributed by atoms with Gasteiger partial charge < -0.3 is 10.6 Å². The molecule has 0 saturated carbocycles. The molecule has 0 aromatic heterocycles. The lowest BCUT2D eigenvalue weighted by Gasteiger charge is -2.11. The van der Waals surface area contributed by atoms with E-state index in [2.05, 4.69) is 23.0 Å². The standard InChI is InChI=1S/C14H22N2OS/c1-11-6-7-13(10-14(11)16-12(2)17)15-8-4-5-9-18-3/h6-7,10,15H,4-5,8-9H2,1-3H3,(H,16,17). The molecule has 0 unspecified atom stereocenters. The van der Waals surface area contributed by atoms with Crippen molar-refractivity contribution in [3.63, 3.8) is 0 Å². The first kappa shape index (κ1) is 14.9. The molecule has 0 aliphatic carbocycles. The topological polar surface area (TPSA) is 41.1 Å². The van der Waals surface area contributed by atoms with Crippen molar-refractivity contribution in [1.82, 2.24) is 0 Å². The number of amides is 1. The summed E-state index contributed by atoms with van der Waals surface area (Å²) in [5, 5.41) is 6.23. The largest absolute Gasteiger partial charge is 0.385 e. The first-order valence-electron chi connectivity index (χ1n) is 6.24. The van der Waals surface area contributed by atoms with Gasteiger partial charge in [0, 0.05) is 24.8 Å². The van der Waals surface area contributed by atoms with E-state index in [-0.39, 0.29) is 5.91 Å². The number of aryl methyl sites for hydroxylation is 1. The minimum atomic E-state index is -0.0322. The molecule has 0 radical (unpaired) electrons. The molecule has 18 heavy (non-hydrogen) atoms. The first-order chi connectivity index (χ1) is 8.63. The van der Waals surface area contributed by atoms with Crippen molar-refractivity contribution in [1.29, 1.82) is 0 Å². The zero-order valence-electron chi connectivity index (χ0n) is 11.4. The van der Waals surface area contributed by atoms with E-state index in [0.29, 0.717) is 0 Å². The summed E-state index contributed by atoms with van der Waals surface area (Å²) in [4.78, 5) is 11.1. The molecular weight excluding hydrogens is 244 g/mol. The minimum absolute atomic E-state index is 0.0322. The fraction of sp³-hybridized carbons (Fsp3) is 0.500. The van der Waals surface area contributed by atoms with Crippen LogP contribution < -0.4 is 10.6 Å². The van der Waals surface area contributed by atoms with E-state index >= 15 is 0 Å². The highest BCUT2D eigenvalue weighted by Gasteiger charge is 2.01. The average Bonchev–Trinajstić information content (AvgIpc) is 2.32. The first-order valence-corrected chi connectivity index (χ1v) is 7.64. The van der Waals surface area contributed by atoms with Gasteiger partial charge in [0.2, 0.25) is 5.91 Å². The smallest absolute Gasteiger partial charge is 0.221 e. The number of nitrogens with one attached hydrogen (secondary N) is 2. The van der Waals surface area contributed by atoms with Gasteiger partial charge in [-0.15, -0.1) is 0 Å². The van der Waals surface area contributed by atoms with Crippen LogP contribution in [0.2, 0.25) is 0 Å². The zero-order chi connectivity index (χ0) is 13.4. The highest BCUT2D eigenvalue weighted by molar-refractivity contribution is 7.98. The van der Waals surface area contributed by atoms with Crippen molar-refractivity contribution in [2.75, 3.05) is 29.2 Å². The Labute approximate surface area is 114 Å². The number of benzene rings is 1. The molecule has 2 N–H and O–H groups in total. The molecule has 0 bridgehead atoms. The van der Waals surface area contributed by atoms with Crippen LogP contribution >= 0.6 is 11.8 Å². The second-order valence-corrected chi connectivity index (χ2v) is 5.32. The number of carbonyl (C=O) groups is 1. The quantitative estimate of drug-likeness (QED) is 0.742. The minimum Gasteiger partial charge on any atom is -0.385 e. The van der Waals surface area contributed by atoms with Gasteiger partial charge in [-0.25, -0.2) is 0 Å². The van der Waals surface area contributed by atoms with Gasteiger partial charge >= 0.3 is 0 Å². The molecule has 3 nitrogen and oxygen atoms in total. The van der Waals surface area contributed by atoms with Gasteiger partial charge in [-0.3, -0.25) is 4.79 Å². The Morgan fingerprint density at radius 2 is 2.11 bits per heavy atom. The third-order valence-corrected chi connectivity index (χ3v) is 3.35. The van der Waals surface area contributed by atoms with Crippen LogP contribution in [0.4, 0.5) is 11.4 Å². The Morgan fingerprint density at radius 1 is 1.33 bits per heavy atom. The summed E-state index contributed by atoms with van der Waals surface area (Å²) in [6.45, 7) is 4.50. The summed E-state index contributed by atoms with van der Waals surface area (Å²) >= 11 is 1.88. The lowest BCUT2D eigenvalue weighted by Crippen LogP contribution is -2.08. The molecule has 0 atom stereocenters. The summed E-state index contributed by atoms with van der Waals surface area (Å²) in [6.07, 6.45) is 4.54. The van der Waals surface area contributed by atoms with Crippen LogP contribution in [0.25, 0.3) is 0 Å². The fourth-order valence-electron chi connectivity index (χ4n) is 1.66. The van der Waals surface area contributed by atoms with E-state index < -0.39 is 0 Å². The lowest BCUT2D eigenvalue weighted by molar-refractivity contribution is -0.114. The molecule has 4 heteroatoms. The summed E-state index contributed by atoms with van der Waals surface area (Å²) < 4.78 is 0. The average molecular weight is 266 g/mol. The molecule has 0 aliphatic rings. The monoisotopic (exact) mass is 266 g/mol. The summed E-state index contributed by atoms with van der Waals surface area (Å²) in [6, 6.07) is 6.07. The third-order valence-electron chi connectivity index (χ3n) is 2.65. The van der Waals surface area contributed by atoms with E-state index in [1.807, 2.05) is 30.8 Å². The molecule has 100 valence electrons. The molecule has 0 fully saturated rings. The molecule has 0 aliphatic heterocycles. The molecule has 1 amide bonds. The Kier molecular flexibility index (Phi) is 6.65. The molecule has 1 aromatic carbocycles. The number of hydrogen-bond acceptors (Lipinski definition) is 3. The van der Waals surface area contributed by atoms with E-state index in [1.54, 1.807) is 0 Å². The van der Waals surface area contributed by atoms with Gasteiger partial charge in [-0.2, -0.15) is 11.8 Å². The third kappa shape index (κ3) is 5.45. The van der Waals surface area contributed by atoms with Crippen molar-refractivity contribution in [2.45, 2.75) is 26.7 Å². The van der Waals surface area contributed by atoms with Crippen molar-refractivity contribution in [3.8, 4) is 0 Å². The number of rotatable bonds is 7. The van der Waals surface area contributed by atoms with Gasteiger partial charge in [0.1, 0.15) is 0 Å². The summed E-state index contributed by atoms with van der Waals surface area (Å²) in [5.41, 5.74) is 3.03. The second-order valence-electron chi connectivity index (χ2n) is 4.34. The van der Waals surface area contributed by atoms with Crippen molar-refractivity contribution < 1.29 is 4.79 Å². The highest BCUT2D eigenvalue weighted by Crippen LogP contribution is 2.20. The Balaban J connectivity index is 2.48. The second kappa shape index (κ2) is 8.03. The van der Waals surface area contributed by atoms with E-state index in [1.165, 1.54) is 25.5 Å². The zero-order valence-corrected chi connectivity index (χ0v) is 12.2. The van der Waals surface area contributed by atoms with Crippen LogP contribution in [0.15, 0.2) is 18.2 Å². The normalized spacial score (nSPS) is 10.2. The molecule has 0 spiro atoms. The van der Waals surface area contributed by atoms with Crippen LogP contribution in [0.3, 0.4) is 0 Å². The van der Waals surface area contributed by atoms with E-state index in [9.17, 15) is 4.79 Å². The molecular formula is C14H22N2OS. The summed E-state index contributed by atoms with van der Waals surface area (Å²) in [7, 11) is 0. The maximum absolute atomic E-state index is 11.1.